The van der Waals surface area contributed by atoms with Crippen LogP contribution in [0.25, 0.3) is 21.8 Å². The van der Waals surface area contributed by atoms with Gasteiger partial charge >= 0.3 is 0 Å². The zero-order chi connectivity index (χ0) is 14.7. The number of fused-ring (bicyclic) bond motifs is 3. The Kier molecular flexibility index (Phi) is 4.01. The minimum absolute atomic E-state index is 0.641. The Hall–Kier alpha value is -2.14. The smallest absolute Gasteiger partial charge is 0.0983 e. The zero-order valence-electron chi connectivity index (χ0n) is 11.7. The largest absolute Gasteiger partial charge is 0.411 e. The van der Waals surface area contributed by atoms with Crippen molar-refractivity contribution in [3.05, 3.63) is 42.2 Å². The number of nitrogens with zero attached hydrogens (tertiary/aromatic N) is 3. The molecule has 5 heteroatoms. The lowest BCUT2D eigenvalue weighted by atomic mass is 10.1. The van der Waals surface area contributed by atoms with Crippen molar-refractivity contribution < 1.29 is 5.21 Å². The van der Waals surface area contributed by atoms with Crippen LogP contribution in [0, 0.1) is 0 Å². The second-order valence-electron chi connectivity index (χ2n) is 4.68. The fourth-order valence-electron chi connectivity index (χ4n) is 2.27. The van der Waals surface area contributed by atoms with Crippen molar-refractivity contribution in [1.29, 1.82) is 0 Å². The summed E-state index contributed by atoms with van der Waals surface area (Å²) in [5, 5.41) is 14.0. The summed E-state index contributed by atoms with van der Waals surface area (Å²) in [6.07, 6.45) is 4.23. The van der Waals surface area contributed by atoms with Crippen LogP contribution >= 0.6 is 11.8 Å². The fourth-order valence-corrected chi connectivity index (χ4v) is 3.22. The van der Waals surface area contributed by atoms with Gasteiger partial charge in [0.05, 0.1) is 22.9 Å². The second kappa shape index (κ2) is 6.10. The highest BCUT2D eigenvalue weighted by atomic mass is 32.2. The number of thioether (sulfide) groups is 1. The maximum Gasteiger partial charge on any atom is 0.0983 e. The van der Waals surface area contributed by atoms with E-state index in [2.05, 4.69) is 34.2 Å². The molecule has 0 saturated carbocycles. The SMILES string of the molecule is CCCSc1cc(/C=N/O)nc2c1ccc1cccnc12. The molecule has 0 aliphatic rings. The van der Waals surface area contributed by atoms with E-state index in [1.54, 1.807) is 18.0 Å². The lowest BCUT2D eigenvalue weighted by molar-refractivity contribution is 0.321. The number of pyridine rings is 2. The molecule has 0 amide bonds. The second-order valence-corrected chi connectivity index (χ2v) is 5.81. The summed E-state index contributed by atoms with van der Waals surface area (Å²) in [6.45, 7) is 2.16. The number of rotatable bonds is 4. The zero-order valence-corrected chi connectivity index (χ0v) is 12.5. The Balaban J connectivity index is 2.31. The molecule has 0 radical (unpaired) electrons. The molecule has 0 unspecified atom stereocenters. The summed E-state index contributed by atoms with van der Waals surface area (Å²) >= 11 is 1.79. The van der Waals surface area contributed by atoms with Gasteiger partial charge in [0, 0.05) is 21.9 Å². The average molecular weight is 297 g/mol. The third-order valence-electron chi connectivity index (χ3n) is 3.18. The van der Waals surface area contributed by atoms with Crippen LogP contribution in [0.3, 0.4) is 0 Å². The van der Waals surface area contributed by atoms with E-state index < -0.39 is 0 Å². The lowest BCUT2D eigenvalue weighted by Crippen LogP contribution is -1.94. The molecular formula is C16H15N3OS. The minimum Gasteiger partial charge on any atom is -0.411 e. The first kappa shape index (κ1) is 13.8. The quantitative estimate of drug-likeness (QED) is 0.259. The summed E-state index contributed by atoms with van der Waals surface area (Å²) in [7, 11) is 0. The topological polar surface area (TPSA) is 58.4 Å². The lowest BCUT2D eigenvalue weighted by Gasteiger charge is -2.09. The van der Waals surface area contributed by atoms with Crippen molar-refractivity contribution in [3.8, 4) is 0 Å². The van der Waals surface area contributed by atoms with E-state index in [0.29, 0.717) is 5.69 Å². The molecule has 4 nitrogen and oxygen atoms in total. The fraction of sp³-hybridized carbons (Fsp3) is 0.188. The van der Waals surface area contributed by atoms with Crippen molar-refractivity contribution >= 4 is 39.8 Å². The van der Waals surface area contributed by atoms with Crippen molar-refractivity contribution in [2.45, 2.75) is 18.2 Å². The molecule has 3 rings (SSSR count). The van der Waals surface area contributed by atoms with Gasteiger partial charge in [-0.05, 0) is 24.3 Å². The molecule has 2 aromatic heterocycles. The Morgan fingerprint density at radius 1 is 1.29 bits per heavy atom. The molecule has 3 aromatic rings. The summed E-state index contributed by atoms with van der Waals surface area (Å²) in [4.78, 5) is 10.2. The first-order valence-corrected chi connectivity index (χ1v) is 7.80. The summed E-state index contributed by atoms with van der Waals surface area (Å²) < 4.78 is 0. The third kappa shape index (κ3) is 2.69. The van der Waals surface area contributed by atoms with Crippen molar-refractivity contribution in [2.75, 3.05) is 5.75 Å². The highest BCUT2D eigenvalue weighted by molar-refractivity contribution is 7.99. The average Bonchev–Trinajstić information content (AvgIpc) is 2.52. The Morgan fingerprint density at radius 2 is 2.19 bits per heavy atom. The molecule has 0 aliphatic carbocycles. The molecule has 0 fully saturated rings. The molecule has 106 valence electrons. The van der Waals surface area contributed by atoms with E-state index in [1.807, 2.05) is 18.2 Å². The number of oxime groups is 1. The highest BCUT2D eigenvalue weighted by Crippen LogP contribution is 2.31. The van der Waals surface area contributed by atoms with Gasteiger partial charge < -0.3 is 5.21 Å². The highest BCUT2D eigenvalue weighted by Gasteiger charge is 2.09. The van der Waals surface area contributed by atoms with Gasteiger partial charge in [-0.25, -0.2) is 4.98 Å². The van der Waals surface area contributed by atoms with E-state index in [-0.39, 0.29) is 0 Å². The van der Waals surface area contributed by atoms with Crippen molar-refractivity contribution in [3.63, 3.8) is 0 Å². The Bertz CT molecular complexity index is 817. The van der Waals surface area contributed by atoms with Crippen molar-refractivity contribution in [1.82, 2.24) is 9.97 Å². The molecule has 0 atom stereocenters. The van der Waals surface area contributed by atoms with Gasteiger partial charge in [0.2, 0.25) is 0 Å². The monoisotopic (exact) mass is 297 g/mol. The Labute approximate surface area is 126 Å². The maximum atomic E-state index is 8.78. The normalized spacial score (nSPS) is 11.7. The van der Waals surface area contributed by atoms with Crippen LogP contribution in [0.15, 0.2) is 46.6 Å². The van der Waals surface area contributed by atoms with Crippen LogP contribution in [0.2, 0.25) is 0 Å². The van der Waals surface area contributed by atoms with Crippen LogP contribution < -0.4 is 0 Å². The molecule has 1 N–H and O–H groups in total. The molecule has 0 aliphatic heterocycles. The van der Waals surface area contributed by atoms with E-state index >= 15 is 0 Å². The third-order valence-corrected chi connectivity index (χ3v) is 4.45. The van der Waals surface area contributed by atoms with Gasteiger partial charge in [0.1, 0.15) is 0 Å². The van der Waals surface area contributed by atoms with Crippen LogP contribution in [0.5, 0.6) is 0 Å². The summed E-state index contributed by atoms with van der Waals surface area (Å²) in [5.74, 6) is 1.04. The molecule has 21 heavy (non-hydrogen) atoms. The van der Waals surface area contributed by atoms with E-state index in [0.717, 1.165) is 38.9 Å². The molecule has 0 saturated heterocycles. The first-order chi connectivity index (χ1) is 10.3. The van der Waals surface area contributed by atoms with Gasteiger partial charge in [-0.1, -0.05) is 30.3 Å². The van der Waals surface area contributed by atoms with Crippen LogP contribution in [0.1, 0.15) is 19.0 Å². The van der Waals surface area contributed by atoms with Gasteiger partial charge in [-0.3, -0.25) is 4.98 Å². The van der Waals surface area contributed by atoms with Crippen LogP contribution in [-0.2, 0) is 0 Å². The standard InChI is InChI=1S/C16H15N3OS/c1-2-8-21-14-9-12(10-18-20)19-16-13(14)6-5-11-4-3-7-17-15(11)16/h3-7,9-10,20H,2,8H2,1H3/b18-10+. The molecule has 2 heterocycles. The van der Waals surface area contributed by atoms with Crippen LogP contribution in [0.4, 0.5) is 0 Å². The number of hydrogen-bond acceptors (Lipinski definition) is 5. The number of benzene rings is 1. The van der Waals surface area contributed by atoms with Gasteiger partial charge in [0.25, 0.3) is 0 Å². The molecule has 1 aromatic carbocycles. The van der Waals surface area contributed by atoms with Crippen LogP contribution in [-0.4, -0.2) is 27.1 Å². The summed E-state index contributed by atoms with van der Waals surface area (Å²) in [6, 6.07) is 10.1. The van der Waals surface area contributed by atoms with E-state index in [9.17, 15) is 0 Å². The molecule has 0 bridgehead atoms. The van der Waals surface area contributed by atoms with E-state index in [4.69, 9.17) is 5.21 Å². The van der Waals surface area contributed by atoms with Gasteiger partial charge in [-0.2, -0.15) is 0 Å². The maximum absolute atomic E-state index is 8.78. The van der Waals surface area contributed by atoms with Gasteiger partial charge in [0.15, 0.2) is 0 Å². The minimum atomic E-state index is 0.641. The van der Waals surface area contributed by atoms with E-state index in [1.165, 1.54) is 6.21 Å². The first-order valence-electron chi connectivity index (χ1n) is 6.82. The predicted molar refractivity (Wildman–Crippen MR) is 87.4 cm³/mol. The number of hydrogen-bond donors (Lipinski definition) is 1. The molecule has 0 spiro atoms. The summed E-state index contributed by atoms with van der Waals surface area (Å²) in [5.41, 5.74) is 2.37. The Morgan fingerprint density at radius 3 is 3.00 bits per heavy atom. The number of aromatic nitrogens is 2. The molecular weight excluding hydrogens is 282 g/mol. The van der Waals surface area contributed by atoms with Gasteiger partial charge in [-0.15, -0.1) is 11.8 Å². The van der Waals surface area contributed by atoms with Crippen molar-refractivity contribution in [2.24, 2.45) is 5.16 Å². The predicted octanol–water partition coefficient (Wildman–Crippen LogP) is 4.09.